The monoisotopic (exact) mass is 378 g/mol. The lowest BCUT2D eigenvalue weighted by Crippen LogP contribution is -2.55. The molecule has 0 aliphatic carbocycles. The average Bonchev–Trinajstić information content (AvgIpc) is 2.89. The van der Waals surface area contributed by atoms with Crippen molar-refractivity contribution in [3.63, 3.8) is 0 Å². The van der Waals surface area contributed by atoms with Gasteiger partial charge in [0, 0.05) is 23.8 Å². The van der Waals surface area contributed by atoms with E-state index in [0.717, 1.165) is 0 Å². The minimum absolute atomic E-state index is 0.373. The van der Waals surface area contributed by atoms with E-state index in [9.17, 15) is 0 Å². The molecule has 1 aliphatic heterocycles. The number of nitrogens with zero attached hydrogens (tertiary/aromatic N) is 2. The number of aryl methyl sites for hydroxylation is 6. The molecule has 0 radical (unpaired) electrons. The molecule has 144 valence electrons. The largest absolute Gasteiger partial charge is 0.328 e. The van der Waals surface area contributed by atoms with Crippen LogP contribution in [0.3, 0.4) is 0 Å². The summed E-state index contributed by atoms with van der Waals surface area (Å²) in [5, 5.41) is 0. The van der Waals surface area contributed by atoms with Gasteiger partial charge in [0.05, 0.1) is 13.9 Å². The fourth-order valence-corrected chi connectivity index (χ4v) is 6.93. The molecule has 0 fully saturated rings. The van der Waals surface area contributed by atoms with Gasteiger partial charge in [0.1, 0.15) is 0 Å². The van der Waals surface area contributed by atoms with E-state index >= 15 is 0 Å². The van der Waals surface area contributed by atoms with E-state index in [2.05, 4.69) is 108 Å². The van der Waals surface area contributed by atoms with Crippen molar-refractivity contribution >= 4 is 19.4 Å². The van der Waals surface area contributed by atoms with Crippen molar-refractivity contribution in [2.24, 2.45) is 0 Å². The normalized spacial score (nSPS) is 15.1. The summed E-state index contributed by atoms with van der Waals surface area (Å²) < 4.78 is 0. The predicted molar refractivity (Wildman–Crippen MR) is 123 cm³/mol. The van der Waals surface area contributed by atoms with Crippen molar-refractivity contribution < 1.29 is 0 Å². The zero-order valence-electron chi connectivity index (χ0n) is 18.4. The van der Waals surface area contributed by atoms with E-state index in [4.69, 9.17) is 0 Å². The quantitative estimate of drug-likeness (QED) is 0.560. The molecule has 2 nitrogen and oxygen atoms in total. The molecule has 0 aromatic heterocycles. The van der Waals surface area contributed by atoms with Gasteiger partial charge in [-0.25, -0.2) is 0 Å². The van der Waals surface area contributed by atoms with E-state index < -0.39 is 8.07 Å². The van der Waals surface area contributed by atoms with Crippen LogP contribution in [-0.2, 0) is 0 Å². The van der Waals surface area contributed by atoms with Crippen LogP contribution in [0.4, 0.5) is 11.4 Å². The lowest BCUT2D eigenvalue weighted by molar-refractivity contribution is 0.847. The third kappa shape index (κ3) is 3.57. The molecule has 2 aromatic rings. The maximum atomic E-state index is 2.54. The molecular weight excluding hydrogens is 344 g/mol. The first-order valence-corrected chi connectivity index (χ1v) is 13.5. The third-order valence-corrected chi connectivity index (χ3v) is 7.58. The smallest absolute Gasteiger partial charge is 0.0969 e. The van der Waals surface area contributed by atoms with Crippen molar-refractivity contribution in [3.05, 3.63) is 70.0 Å². The molecule has 1 heterocycles. The van der Waals surface area contributed by atoms with Crippen LogP contribution < -0.4 is 9.80 Å². The van der Waals surface area contributed by atoms with Crippen molar-refractivity contribution in [1.82, 2.24) is 0 Å². The SMILES string of the molecule is Cc1cc(C)c(N2C=CN(c3c(C)cc(C)cc3C)C2[Si](C)(C)C)c(C)c1. The molecule has 0 N–H and O–H groups in total. The number of benzene rings is 2. The van der Waals surface area contributed by atoms with Crippen molar-refractivity contribution in [2.45, 2.75) is 67.0 Å². The summed E-state index contributed by atoms with van der Waals surface area (Å²) in [5.41, 5.74) is 10.9. The second kappa shape index (κ2) is 6.86. The molecule has 3 rings (SSSR count). The van der Waals surface area contributed by atoms with E-state index in [1.54, 1.807) is 0 Å². The molecule has 0 unspecified atom stereocenters. The summed E-state index contributed by atoms with van der Waals surface area (Å²) >= 11 is 0. The second-order valence-electron chi connectivity index (χ2n) is 9.35. The Morgan fingerprint density at radius 1 is 0.593 bits per heavy atom. The number of rotatable bonds is 3. The molecule has 2 aromatic carbocycles. The first-order valence-electron chi connectivity index (χ1n) is 9.91. The molecule has 0 bridgehead atoms. The topological polar surface area (TPSA) is 6.48 Å². The van der Waals surface area contributed by atoms with Gasteiger partial charge in [-0.15, -0.1) is 0 Å². The standard InChI is InChI=1S/C24H34N2Si/c1-16-12-18(3)22(19(4)13-16)25-10-11-26(24(25)27(7,8)9)23-20(5)14-17(2)15-21(23)6/h10-15,24H,1-9H3. The molecule has 0 spiro atoms. The number of hydrogen-bond acceptors (Lipinski definition) is 2. The summed E-state index contributed by atoms with van der Waals surface area (Å²) in [4.78, 5) is 5.07. The maximum Gasteiger partial charge on any atom is 0.0969 e. The van der Waals surface area contributed by atoms with Gasteiger partial charge in [-0.1, -0.05) is 55.0 Å². The summed E-state index contributed by atoms with van der Waals surface area (Å²) in [5.74, 6) is 0.373. The highest BCUT2D eigenvalue weighted by molar-refractivity contribution is 6.78. The Morgan fingerprint density at radius 2 is 0.889 bits per heavy atom. The Hall–Kier alpha value is -2.00. The fraction of sp³-hybridized carbons (Fsp3) is 0.417. The van der Waals surface area contributed by atoms with E-state index in [-0.39, 0.29) is 0 Å². The van der Waals surface area contributed by atoms with Gasteiger partial charge in [0.2, 0.25) is 0 Å². The summed E-state index contributed by atoms with van der Waals surface area (Å²) in [6.07, 6.45) is 4.60. The zero-order chi connectivity index (χ0) is 20.1. The molecular formula is C24H34N2Si. The predicted octanol–water partition coefficient (Wildman–Crippen LogP) is 6.54. The minimum atomic E-state index is -1.55. The van der Waals surface area contributed by atoms with E-state index in [1.165, 1.54) is 44.8 Å². The second-order valence-corrected chi connectivity index (χ2v) is 14.6. The van der Waals surface area contributed by atoms with Crippen molar-refractivity contribution in [1.29, 1.82) is 0 Å². The van der Waals surface area contributed by atoms with Gasteiger partial charge in [0.15, 0.2) is 0 Å². The van der Waals surface area contributed by atoms with Crippen molar-refractivity contribution in [3.8, 4) is 0 Å². The van der Waals surface area contributed by atoms with Crippen LogP contribution in [0.25, 0.3) is 0 Å². The molecule has 0 saturated carbocycles. The van der Waals surface area contributed by atoms with Crippen LogP contribution in [-0.4, -0.2) is 13.9 Å². The Labute approximate surface area is 166 Å². The fourth-order valence-electron chi connectivity index (χ4n) is 4.83. The molecule has 27 heavy (non-hydrogen) atoms. The Bertz CT molecular complexity index is 792. The average molecular weight is 379 g/mol. The van der Waals surface area contributed by atoms with Crippen LogP contribution >= 0.6 is 0 Å². The van der Waals surface area contributed by atoms with E-state index in [0.29, 0.717) is 5.79 Å². The summed E-state index contributed by atoms with van der Waals surface area (Å²) in [6.45, 7) is 20.8. The van der Waals surface area contributed by atoms with Gasteiger partial charge in [0.25, 0.3) is 0 Å². The Balaban J connectivity index is 2.15. The van der Waals surface area contributed by atoms with Crippen LogP contribution in [0.1, 0.15) is 33.4 Å². The van der Waals surface area contributed by atoms with Gasteiger partial charge in [-0.05, 0) is 63.8 Å². The molecule has 0 amide bonds. The zero-order valence-corrected chi connectivity index (χ0v) is 19.4. The van der Waals surface area contributed by atoms with Gasteiger partial charge in [-0.2, -0.15) is 0 Å². The van der Waals surface area contributed by atoms with E-state index in [1.807, 2.05) is 0 Å². The van der Waals surface area contributed by atoms with Crippen LogP contribution in [0.5, 0.6) is 0 Å². The van der Waals surface area contributed by atoms with Crippen LogP contribution in [0, 0.1) is 41.5 Å². The molecule has 3 heteroatoms. The first kappa shape index (κ1) is 19.8. The third-order valence-electron chi connectivity index (χ3n) is 5.48. The number of anilines is 2. The highest BCUT2D eigenvalue weighted by atomic mass is 28.3. The van der Waals surface area contributed by atoms with Gasteiger partial charge >= 0.3 is 0 Å². The minimum Gasteiger partial charge on any atom is -0.328 e. The number of hydrogen-bond donors (Lipinski definition) is 0. The lowest BCUT2D eigenvalue weighted by Gasteiger charge is -2.42. The molecule has 0 atom stereocenters. The van der Waals surface area contributed by atoms with Gasteiger partial charge in [-0.3, -0.25) is 0 Å². The van der Waals surface area contributed by atoms with Gasteiger partial charge < -0.3 is 9.80 Å². The summed E-state index contributed by atoms with van der Waals surface area (Å²) in [7, 11) is -1.55. The Kier molecular flexibility index (Phi) is 5.02. The van der Waals surface area contributed by atoms with Crippen LogP contribution in [0.2, 0.25) is 19.6 Å². The highest BCUT2D eigenvalue weighted by Crippen LogP contribution is 2.39. The summed E-state index contributed by atoms with van der Waals surface area (Å²) in [6, 6.07) is 9.23. The van der Waals surface area contributed by atoms with Crippen molar-refractivity contribution in [2.75, 3.05) is 9.80 Å². The van der Waals surface area contributed by atoms with Crippen LogP contribution in [0.15, 0.2) is 36.7 Å². The highest BCUT2D eigenvalue weighted by Gasteiger charge is 2.40. The lowest BCUT2D eigenvalue weighted by atomic mass is 10.0. The first-order chi connectivity index (χ1) is 12.5. The maximum absolute atomic E-state index is 2.54. The molecule has 0 saturated heterocycles. The molecule has 1 aliphatic rings. The Morgan fingerprint density at radius 3 is 1.15 bits per heavy atom.